The number of nitrogens with two attached hydrogens (primary N) is 1. The number of amides is 1. The third-order valence-corrected chi connectivity index (χ3v) is 2.90. The van der Waals surface area contributed by atoms with Crippen LogP contribution < -0.4 is 5.73 Å². The van der Waals surface area contributed by atoms with Crippen molar-refractivity contribution < 1.29 is 4.79 Å². The van der Waals surface area contributed by atoms with Crippen molar-refractivity contribution in [2.45, 2.75) is 12.8 Å². The van der Waals surface area contributed by atoms with Crippen LogP contribution in [0.25, 0.3) is 0 Å². The summed E-state index contributed by atoms with van der Waals surface area (Å²) < 4.78 is 0. The summed E-state index contributed by atoms with van der Waals surface area (Å²) in [6.45, 7) is 2.12. The van der Waals surface area contributed by atoms with Gasteiger partial charge in [-0.05, 0) is 35.4 Å². The van der Waals surface area contributed by atoms with Crippen LogP contribution in [0.5, 0.6) is 0 Å². The molecular formula is C14H14N2O. The van der Waals surface area contributed by atoms with Crippen molar-refractivity contribution in [2.24, 2.45) is 5.73 Å². The molecule has 0 aliphatic heterocycles. The Labute approximate surface area is 100 Å². The van der Waals surface area contributed by atoms with E-state index in [1.165, 1.54) is 5.56 Å². The van der Waals surface area contributed by atoms with Crippen LogP contribution in [0.3, 0.4) is 0 Å². The van der Waals surface area contributed by atoms with Crippen LogP contribution in [0.1, 0.15) is 34.3 Å². The van der Waals surface area contributed by atoms with E-state index in [2.05, 4.69) is 11.9 Å². The number of rotatable bonds is 3. The second-order valence-electron chi connectivity index (χ2n) is 3.99. The van der Waals surface area contributed by atoms with Crippen molar-refractivity contribution in [3.63, 3.8) is 0 Å². The molecule has 17 heavy (non-hydrogen) atoms. The van der Waals surface area contributed by atoms with Gasteiger partial charge in [-0.2, -0.15) is 0 Å². The molecule has 2 N–H and O–H groups in total. The average Bonchev–Trinajstić information content (AvgIpc) is 2.39. The van der Waals surface area contributed by atoms with Gasteiger partial charge in [0.25, 0.3) is 0 Å². The van der Waals surface area contributed by atoms with Gasteiger partial charge in [-0.1, -0.05) is 19.1 Å². The number of carbonyl (C=O) groups is 1. The second-order valence-corrected chi connectivity index (χ2v) is 3.99. The van der Waals surface area contributed by atoms with Gasteiger partial charge in [0.1, 0.15) is 0 Å². The second kappa shape index (κ2) is 4.78. The topological polar surface area (TPSA) is 56.0 Å². The highest BCUT2D eigenvalue weighted by Gasteiger charge is 2.08. The van der Waals surface area contributed by atoms with Crippen molar-refractivity contribution in [2.75, 3.05) is 0 Å². The van der Waals surface area contributed by atoms with Crippen LogP contribution in [0, 0.1) is 0 Å². The Morgan fingerprint density at radius 1 is 1.06 bits per heavy atom. The third kappa shape index (κ3) is 2.50. The highest BCUT2D eigenvalue weighted by Crippen LogP contribution is 2.23. The first-order valence-electron chi connectivity index (χ1n) is 5.48. The average molecular weight is 226 g/mol. The summed E-state index contributed by atoms with van der Waals surface area (Å²) in [6.07, 6.45) is 3.56. The van der Waals surface area contributed by atoms with E-state index in [0.717, 1.165) is 5.56 Å². The van der Waals surface area contributed by atoms with E-state index >= 15 is 0 Å². The lowest BCUT2D eigenvalue weighted by Gasteiger charge is -2.12. The number of pyridine rings is 1. The van der Waals surface area contributed by atoms with E-state index in [1.54, 1.807) is 24.5 Å². The molecule has 2 aromatic rings. The predicted octanol–water partition coefficient (Wildman–Crippen LogP) is 2.33. The lowest BCUT2D eigenvalue weighted by atomic mass is 9.93. The molecule has 3 heteroatoms. The van der Waals surface area contributed by atoms with E-state index in [-0.39, 0.29) is 5.92 Å². The van der Waals surface area contributed by atoms with Gasteiger partial charge in [0.05, 0.1) is 0 Å². The fraction of sp³-hybridized carbons (Fsp3) is 0.143. The van der Waals surface area contributed by atoms with Crippen molar-refractivity contribution in [1.82, 2.24) is 4.98 Å². The quantitative estimate of drug-likeness (QED) is 0.873. The highest BCUT2D eigenvalue weighted by molar-refractivity contribution is 5.92. The molecule has 86 valence electrons. The fourth-order valence-corrected chi connectivity index (χ4v) is 1.78. The molecule has 0 saturated heterocycles. The Bertz CT molecular complexity index is 506. The molecule has 1 heterocycles. The Balaban J connectivity index is 2.26. The van der Waals surface area contributed by atoms with Gasteiger partial charge in [-0.25, -0.2) is 0 Å². The summed E-state index contributed by atoms with van der Waals surface area (Å²) in [4.78, 5) is 15.0. The summed E-state index contributed by atoms with van der Waals surface area (Å²) in [5.74, 6) is -0.118. The highest BCUT2D eigenvalue weighted by atomic mass is 16.1. The lowest BCUT2D eigenvalue weighted by Crippen LogP contribution is -2.10. The molecule has 0 fully saturated rings. The summed E-state index contributed by atoms with van der Waals surface area (Å²) in [7, 11) is 0. The van der Waals surface area contributed by atoms with Gasteiger partial charge in [0.15, 0.2) is 0 Å². The predicted molar refractivity (Wildman–Crippen MR) is 66.7 cm³/mol. The number of aromatic nitrogens is 1. The molecule has 1 aromatic carbocycles. The number of hydrogen-bond donors (Lipinski definition) is 1. The molecule has 1 aromatic heterocycles. The van der Waals surface area contributed by atoms with Gasteiger partial charge in [-0.3, -0.25) is 9.78 Å². The Hall–Kier alpha value is -2.16. The maximum Gasteiger partial charge on any atom is 0.248 e. The molecule has 0 radical (unpaired) electrons. The van der Waals surface area contributed by atoms with Crippen LogP contribution in [0.15, 0.2) is 48.8 Å². The first-order valence-corrected chi connectivity index (χ1v) is 5.48. The number of carbonyl (C=O) groups excluding carboxylic acids is 1. The molecule has 1 amide bonds. The van der Waals surface area contributed by atoms with Gasteiger partial charge < -0.3 is 5.73 Å². The summed E-state index contributed by atoms with van der Waals surface area (Å²) >= 11 is 0. The van der Waals surface area contributed by atoms with Crippen LogP contribution in [-0.2, 0) is 0 Å². The molecular weight excluding hydrogens is 212 g/mol. The normalized spacial score (nSPS) is 12.1. The Kier molecular flexibility index (Phi) is 3.19. The first-order chi connectivity index (χ1) is 8.18. The zero-order valence-corrected chi connectivity index (χ0v) is 9.63. The van der Waals surface area contributed by atoms with Gasteiger partial charge >= 0.3 is 0 Å². The van der Waals surface area contributed by atoms with E-state index in [0.29, 0.717) is 5.56 Å². The third-order valence-electron chi connectivity index (χ3n) is 2.90. The standard InChI is InChI=1S/C14H14N2O/c1-10(12-6-8-16-9-7-12)11-2-4-13(5-3-11)14(15)17/h2-10H,1H3,(H2,15,17). The maximum absolute atomic E-state index is 11.0. The largest absolute Gasteiger partial charge is 0.366 e. The van der Waals surface area contributed by atoms with Crippen LogP contribution in [0.4, 0.5) is 0 Å². The molecule has 0 aliphatic rings. The molecule has 1 atom stereocenters. The number of nitrogens with zero attached hydrogens (tertiary/aromatic N) is 1. The molecule has 0 saturated carbocycles. The van der Waals surface area contributed by atoms with Gasteiger partial charge in [0, 0.05) is 23.9 Å². The van der Waals surface area contributed by atoms with Crippen LogP contribution >= 0.6 is 0 Å². The van der Waals surface area contributed by atoms with Crippen molar-refractivity contribution >= 4 is 5.91 Å². The SMILES string of the molecule is CC(c1ccncc1)c1ccc(C(N)=O)cc1. The van der Waals surface area contributed by atoms with E-state index in [9.17, 15) is 4.79 Å². The smallest absolute Gasteiger partial charge is 0.248 e. The minimum Gasteiger partial charge on any atom is -0.366 e. The Morgan fingerprint density at radius 2 is 1.59 bits per heavy atom. The minimum absolute atomic E-state index is 0.278. The summed E-state index contributed by atoms with van der Waals surface area (Å²) in [5.41, 5.74) is 8.10. The van der Waals surface area contributed by atoms with E-state index in [4.69, 9.17) is 5.73 Å². The van der Waals surface area contributed by atoms with Crippen LogP contribution in [0.2, 0.25) is 0 Å². The zero-order chi connectivity index (χ0) is 12.3. The van der Waals surface area contributed by atoms with E-state index in [1.807, 2.05) is 24.3 Å². The first kappa shape index (κ1) is 11.3. The number of primary amides is 1. The summed E-state index contributed by atoms with van der Waals surface area (Å²) in [5, 5.41) is 0. The molecule has 1 unspecified atom stereocenters. The maximum atomic E-state index is 11.0. The van der Waals surface area contributed by atoms with Crippen molar-refractivity contribution in [1.29, 1.82) is 0 Å². The summed E-state index contributed by atoms with van der Waals surface area (Å²) in [6, 6.07) is 11.4. The lowest BCUT2D eigenvalue weighted by molar-refractivity contribution is 0.100. The number of benzene rings is 1. The van der Waals surface area contributed by atoms with Gasteiger partial charge in [0.2, 0.25) is 5.91 Å². The van der Waals surface area contributed by atoms with Crippen molar-refractivity contribution in [3.8, 4) is 0 Å². The molecule has 0 aliphatic carbocycles. The van der Waals surface area contributed by atoms with Gasteiger partial charge in [-0.15, -0.1) is 0 Å². The van der Waals surface area contributed by atoms with Crippen LogP contribution in [-0.4, -0.2) is 10.9 Å². The molecule has 0 bridgehead atoms. The fourth-order valence-electron chi connectivity index (χ4n) is 1.78. The molecule has 0 spiro atoms. The number of hydrogen-bond acceptors (Lipinski definition) is 2. The monoisotopic (exact) mass is 226 g/mol. The Morgan fingerprint density at radius 3 is 2.12 bits per heavy atom. The molecule has 2 rings (SSSR count). The van der Waals surface area contributed by atoms with E-state index < -0.39 is 5.91 Å². The minimum atomic E-state index is -0.395. The van der Waals surface area contributed by atoms with Crippen molar-refractivity contribution in [3.05, 3.63) is 65.5 Å². The molecule has 3 nitrogen and oxygen atoms in total. The zero-order valence-electron chi connectivity index (χ0n) is 9.63.